The van der Waals surface area contributed by atoms with E-state index in [1.807, 2.05) is 12.4 Å². The van der Waals surface area contributed by atoms with Crippen molar-refractivity contribution in [3.63, 3.8) is 0 Å². The summed E-state index contributed by atoms with van der Waals surface area (Å²) < 4.78 is 0. The lowest BCUT2D eigenvalue weighted by Crippen LogP contribution is -2.36. The molecule has 3 N–H and O–H groups in total. The molecule has 0 aromatic carbocycles. The van der Waals surface area contributed by atoms with Gasteiger partial charge in [0.1, 0.15) is 0 Å². The minimum Gasteiger partial charge on any atom is -0.393 e. The van der Waals surface area contributed by atoms with E-state index in [2.05, 4.69) is 34.0 Å². The van der Waals surface area contributed by atoms with Gasteiger partial charge in [0.25, 0.3) is 0 Å². The van der Waals surface area contributed by atoms with Gasteiger partial charge in [-0.25, -0.2) is 9.97 Å². The van der Waals surface area contributed by atoms with Gasteiger partial charge in [-0.05, 0) is 50.3 Å². The first-order valence-corrected chi connectivity index (χ1v) is 8.70. The molecule has 3 rings (SSSR count). The number of hydrogen-bond acceptors (Lipinski definition) is 6. The van der Waals surface area contributed by atoms with Crippen molar-refractivity contribution in [3.05, 3.63) is 18.0 Å². The molecule has 130 valence electrons. The highest BCUT2D eigenvalue weighted by molar-refractivity contribution is 5.31. The number of nitrogens with one attached hydrogen (secondary N) is 1. The van der Waals surface area contributed by atoms with Gasteiger partial charge in [0.2, 0.25) is 5.95 Å². The van der Waals surface area contributed by atoms with E-state index in [0.29, 0.717) is 5.92 Å². The molecule has 6 heteroatoms. The molecule has 3 heterocycles. The van der Waals surface area contributed by atoms with Gasteiger partial charge in [0, 0.05) is 25.5 Å². The normalized spacial score (nSPS) is 20.3. The molecule has 0 atom stereocenters. The highest BCUT2D eigenvalue weighted by Gasteiger charge is 2.18. The Labute approximate surface area is 139 Å². The number of aliphatic hydroxyl groups is 2. The number of nitrogens with zero attached hydrogens (tertiary/aromatic N) is 3. The van der Waals surface area contributed by atoms with Crippen molar-refractivity contribution in [2.75, 3.05) is 31.1 Å². The minimum absolute atomic E-state index is 0.0266. The Hall–Kier alpha value is -1.24. The van der Waals surface area contributed by atoms with Crippen molar-refractivity contribution in [1.29, 1.82) is 0 Å². The van der Waals surface area contributed by atoms with Gasteiger partial charge in [-0.2, -0.15) is 0 Å². The summed E-state index contributed by atoms with van der Waals surface area (Å²) in [6.45, 7) is 7.94. The van der Waals surface area contributed by atoms with E-state index in [9.17, 15) is 5.11 Å². The fourth-order valence-corrected chi connectivity index (χ4v) is 2.67. The van der Waals surface area contributed by atoms with Gasteiger partial charge in [-0.15, -0.1) is 0 Å². The van der Waals surface area contributed by atoms with E-state index in [1.54, 1.807) is 0 Å². The highest BCUT2D eigenvalue weighted by Crippen LogP contribution is 2.17. The van der Waals surface area contributed by atoms with E-state index >= 15 is 0 Å². The van der Waals surface area contributed by atoms with E-state index in [4.69, 9.17) is 5.11 Å². The Morgan fingerprint density at radius 2 is 1.52 bits per heavy atom. The average Bonchev–Trinajstić information content (AvgIpc) is 2.57. The van der Waals surface area contributed by atoms with Gasteiger partial charge in [0.05, 0.1) is 12.2 Å². The lowest BCUT2D eigenvalue weighted by atomic mass is 10.1. The summed E-state index contributed by atoms with van der Waals surface area (Å²) in [6.07, 6.45) is 7.12. The smallest absolute Gasteiger partial charge is 0.225 e. The number of aromatic nitrogens is 2. The zero-order valence-electron chi connectivity index (χ0n) is 14.3. The largest absolute Gasteiger partial charge is 0.393 e. The molecule has 0 bridgehead atoms. The molecule has 2 fully saturated rings. The van der Waals surface area contributed by atoms with Crippen molar-refractivity contribution in [2.24, 2.45) is 0 Å². The second-order valence-corrected chi connectivity index (χ2v) is 6.67. The second kappa shape index (κ2) is 9.15. The molecule has 1 aromatic heterocycles. The SMILES string of the molecule is CC(C)c1cnc(N2CCC(O)CC2)nc1.OC1CCNCC1. The van der Waals surface area contributed by atoms with Crippen molar-refractivity contribution in [2.45, 2.75) is 57.7 Å². The quantitative estimate of drug-likeness (QED) is 0.761. The molecule has 0 unspecified atom stereocenters. The predicted octanol–water partition coefficient (Wildman–Crippen LogP) is 1.29. The van der Waals surface area contributed by atoms with Crippen LogP contribution in [-0.4, -0.2) is 58.6 Å². The zero-order valence-corrected chi connectivity index (χ0v) is 14.3. The summed E-state index contributed by atoms with van der Waals surface area (Å²) in [5.41, 5.74) is 1.17. The van der Waals surface area contributed by atoms with Crippen molar-refractivity contribution >= 4 is 5.95 Å². The van der Waals surface area contributed by atoms with Crippen LogP contribution < -0.4 is 10.2 Å². The summed E-state index contributed by atoms with van der Waals surface area (Å²) in [4.78, 5) is 10.9. The van der Waals surface area contributed by atoms with Crippen LogP contribution in [0, 0.1) is 0 Å². The third-order valence-electron chi connectivity index (χ3n) is 4.38. The fourth-order valence-electron chi connectivity index (χ4n) is 2.67. The Balaban J connectivity index is 0.000000229. The van der Waals surface area contributed by atoms with E-state index in [1.165, 1.54) is 5.56 Å². The maximum Gasteiger partial charge on any atom is 0.225 e. The monoisotopic (exact) mass is 322 g/mol. The van der Waals surface area contributed by atoms with Crippen LogP contribution in [0.4, 0.5) is 5.95 Å². The van der Waals surface area contributed by atoms with Crippen LogP contribution in [0.3, 0.4) is 0 Å². The molecule has 2 saturated heterocycles. The summed E-state index contributed by atoms with van der Waals surface area (Å²) in [5, 5.41) is 21.4. The van der Waals surface area contributed by atoms with Gasteiger partial charge in [0.15, 0.2) is 0 Å². The van der Waals surface area contributed by atoms with Crippen LogP contribution in [0.2, 0.25) is 0 Å². The lowest BCUT2D eigenvalue weighted by molar-refractivity contribution is 0.137. The number of anilines is 1. The van der Waals surface area contributed by atoms with Crippen LogP contribution in [0.1, 0.15) is 51.0 Å². The third kappa shape index (κ3) is 6.05. The van der Waals surface area contributed by atoms with Crippen molar-refractivity contribution in [3.8, 4) is 0 Å². The van der Waals surface area contributed by atoms with Crippen LogP contribution >= 0.6 is 0 Å². The van der Waals surface area contributed by atoms with Gasteiger partial charge >= 0.3 is 0 Å². The van der Waals surface area contributed by atoms with Gasteiger partial charge in [-0.3, -0.25) is 0 Å². The average molecular weight is 322 g/mol. The summed E-state index contributed by atoms with van der Waals surface area (Å²) in [7, 11) is 0. The van der Waals surface area contributed by atoms with Crippen LogP contribution in [0.15, 0.2) is 12.4 Å². The first-order valence-electron chi connectivity index (χ1n) is 8.70. The molecule has 2 aliphatic heterocycles. The summed E-state index contributed by atoms with van der Waals surface area (Å²) in [5.74, 6) is 1.26. The zero-order chi connectivity index (χ0) is 16.7. The summed E-state index contributed by atoms with van der Waals surface area (Å²) in [6, 6.07) is 0. The molecule has 0 spiro atoms. The van der Waals surface area contributed by atoms with Gasteiger partial charge in [-0.1, -0.05) is 13.8 Å². The second-order valence-electron chi connectivity index (χ2n) is 6.67. The topological polar surface area (TPSA) is 81.5 Å². The first-order chi connectivity index (χ1) is 11.1. The Morgan fingerprint density at radius 3 is 1.96 bits per heavy atom. The van der Waals surface area contributed by atoms with Crippen LogP contribution in [-0.2, 0) is 0 Å². The predicted molar refractivity (Wildman–Crippen MR) is 91.7 cm³/mol. The molecule has 2 aliphatic rings. The van der Waals surface area contributed by atoms with Crippen LogP contribution in [0.25, 0.3) is 0 Å². The van der Waals surface area contributed by atoms with E-state index in [-0.39, 0.29) is 12.2 Å². The first kappa shape index (κ1) is 18.1. The number of hydrogen-bond donors (Lipinski definition) is 3. The maximum atomic E-state index is 9.42. The summed E-state index contributed by atoms with van der Waals surface area (Å²) >= 11 is 0. The van der Waals surface area contributed by atoms with E-state index < -0.39 is 0 Å². The molecule has 0 radical (unpaired) electrons. The van der Waals surface area contributed by atoms with Crippen molar-refractivity contribution < 1.29 is 10.2 Å². The van der Waals surface area contributed by atoms with E-state index in [0.717, 1.165) is 57.8 Å². The Kier molecular flexibility index (Phi) is 7.20. The molecule has 0 saturated carbocycles. The molecular weight excluding hydrogens is 292 g/mol. The standard InChI is InChI=1S/C12H19N3O.C5H11NO/c1-9(2)10-7-13-12(14-8-10)15-5-3-11(16)4-6-15;7-5-1-3-6-4-2-5/h7-9,11,16H,3-6H2,1-2H3;5-7H,1-4H2. The Morgan fingerprint density at radius 1 is 1.00 bits per heavy atom. The fraction of sp³-hybridized carbons (Fsp3) is 0.765. The molecule has 0 aliphatic carbocycles. The molecule has 0 amide bonds. The Bertz CT molecular complexity index is 438. The van der Waals surface area contributed by atoms with Crippen molar-refractivity contribution in [1.82, 2.24) is 15.3 Å². The lowest BCUT2D eigenvalue weighted by Gasteiger charge is -2.29. The van der Waals surface area contributed by atoms with Gasteiger partial charge < -0.3 is 20.4 Å². The molecule has 1 aromatic rings. The molecular formula is C17H30N4O2. The number of aliphatic hydroxyl groups excluding tert-OH is 2. The number of piperidine rings is 2. The highest BCUT2D eigenvalue weighted by atomic mass is 16.3. The van der Waals surface area contributed by atoms with Crippen LogP contribution in [0.5, 0.6) is 0 Å². The molecule has 6 nitrogen and oxygen atoms in total. The minimum atomic E-state index is -0.147. The third-order valence-corrected chi connectivity index (χ3v) is 4.38. The molecule has 23 heavy (non-hydrogen) atoms. The number of rotatable bonds is 2. The maximum absolute atomic E-state index is 9.42.